The Bertz CT molecular complexity index is 1000. The van der Waals surface area contributed by atoms with Crippen molar-refractivity contribution in [3.05, 3.63) is 62.6 Å². The lowest BCUT2D eigenvalue weighted by molar-refractivity contribution is -0.384. The quantitative estimate of drug-likeness (QED) is 0.354. The van der Waals surface area contributed by atoms with Gasteiger partial charge in [-0.1, -0.05) is 41.9 Å². The second-order valence-corrected chi connectivity index (χ2v) is 8.70. The van der Waals surface area contributed by atoms with E-state index in [9.17, 15) is 18.5 Å². The van der Waals surface area contributed by atoms with Crippen molar-refractivity contribution >= 4 is 43.0 Å². The van der Waals surface area contributed by atoms with E-state index in [2.05, 4.69) is 26.5 Å². The van der Waals surface area contributed by atoms with Crippen LogP contribution in [0.1, 0.15) is 26.3 Å². The van der Waals surface area contributed by atoms with Crippen LogP contribution >= 0.6 is 15.9 Å². The molecule has 10 heteroatoms. The zero-order chi connectivity index (χ0) is 20.9. The summed E-state index contributed by atoms with van der Waals surface area (Å²) in [5, 5.41) is 15.7. The molecule has 0 aliphatic carbocycles. The first kappa shape index (κ1) is 22.0. The van der Waals surface area contributed by atoms with Crippen molar-refractivity contribution < 1.29 is 13.3 Å². The van der Waals surface area contributed by atoms with E-state index in [1.54, 1.807) is 20.8 Å². The Hall–Kier alpha value is -2.30. The molecular formula is C18H21BrN4O4S. The van der Waals surface area contributed by atoms with Gasteiger partial charge >= 0.3 is 0 Å². The zero-order valence-corrected chi connectivity index (χ0v) is 18.1. The Morgan fingerprint density at radius 3 is 2.46 bits per heavy atom. The van der Waals surface area contributed by atoms with Gasteiger partial charge in [0.25, 0.3) is 5.69 Å². The second kappa shape index (κ2) is 9.26. The molecular weight excluding hydrogens is 448 g/mol. The van der Waals surface area contributed by atoms with Gasteiger partial charge in [-0.3, -0.25) is 15.5 Å². The fourth-order valence-corrected chi connectivity index (χ4v) is 4.43. The third-order valence-electron chi connectivity index (χ3n) is 4.10. The normalized spacial score (nSPS) is 12.2. The number of nitro benzene ring substituents is 1. The Balaban J connectivity index is 2.38. The van der Waals surface area contributed by atoms with Gasteiger partial charge in [-0.15, -0.1) is 0 Å². The fourth-order valence-electron chi connectivity index (χ4n) is 2.55. The maximum absolute atomic E-state index is 12.6. The van der Waals surface area contributed by atoms with Crippen LogP contribution in [0.25, 0.3) is 0 Å². The van der Waals surface area contributed by atoms with Crippen LogP contribution < -0.4 is 5.43 Å². The Labute approximate surface area is 172 Å². The van der Waals surface area contributed by atoms with E-state index in [4.69, 9.17) is 0 Å². The van der Waals surface area contributed by atoms with E-state index in [1.165, 1.54) is 16.4 Å². The largest absolute Gasteiger partial charge is 0.295 e. The number of hydrazone groups is 1. The molecule has 0 atom stereocenters. The molecule has 1 N–H and O–H groups in total. The van der Waals surface area contributed by atoms with E-state index in [0.717, 1.165) is 16.1 Å². The molecule has 0 bridgehead atoms. The first-order valence-corrected chi connectivity index (χ1v) is 10.8. The van der Waals surface area contributed by atoms with Gasteiger partial charge in [0.1, 0.15) is 5.69 Å². The number of nitrogens with zero attached hydrogens (tertiary/aromatic N) is 3. The first-order chi connectivity index (χ1) is 13.2. The predicted octanol–water partition coefficient (Wildman–Crippen LogP) is 4.22. The average molecular weight is 469 g/mol. The molecule has 0 aromatic heterocycles. The average Bonchev–Trinajstić information content (AvgIpc) is 2.66. The summed E-state index contributed by atoms with van der Waals surface area (Å²) in [5.41, 5.74) is 3.88. The molecule has 0 aliphatic heterocycles. The third-order valence-corrected chi connectivity index (χ3v) is 6.63. The molecule has 0 spiro atoms. The van der Waals surface area contributed by atoms with Gasteiger partial charge in [-0.25, -0.2) is 8.42 Å². The monoisotopic (exact) mass is 468 g/mol. The smallest absolute Gasteiger partial charge is 0.271 e. The van der Waals surface area contributed by atoms with Crippen LogP contribution in [-0.4, -0.2) is 36.4 Å². The topological polar surface area (TPSA) is 105 Å². The molecule has 0 amide bonds. The Morgan fingerprint density at radius 1 is 1.21 bits per heavy atom. The van der Waals surface area contributed by atoms with Gasteiger partial charge in [0.05, 0.1) is 15.5 Å². The van der Waals surface area contributed by atoms with Gasteiger partial charge < -0.3 is 0 Å². The van der Waals surface area contributed by atoms with Crippen molar-refractivity contribution in [1.82, 2.24) is 4.31 Å². The lowest BCUT2D eigenvalue weighted by atomic mass is 10.1. The first-order valence-electron chi connectivity index (χ1n) is 8.55. The van der Waals surface area contributed by atoms with Crippen LogP contribution in [-0.2, 0) is 10.0 Å². The minimum Gasteiger partial charge on any atom is -0.271 e. The molecule has 0 saturated heterocycles. The van der Waals surface area contributed by atoms with Crippen LogP contribution in [0.3, 0.4) is 0 Å². The summed E-state index contributed by atoms with van der Waals surface area (Å²) in [5.74, 6) is 0. The van der Waals surface area contributed by atoms with E-state index >= 15 is 0 Å². The van der Waals surface area contributed by atoms with Crippen LogP contribution in [0.4, 0.5) is 11.4 Å². The molecule has 0 unspecified atom stereocenters. The number of sulfonamides is 1. The maximum atomic E-state index is 12.6. The third kappa shape index (κ3) is 4.94. The molecule has 0 saturated carbocycles. The van der Waals surface area contributed by atoms with Gasteiger partial charge in [0.2, 0.25) is 10.0 Å². The molecule has 0 aliphatic rings. The highest BCUT2D eigenvalue weighted by Crippen LogP contribution is 2.29. The summed E-state index contributed by atoms with van der Waals surface area (Å²) in [4.78, 5) is 10.7. The number of hydrogen-bond donors (Lipinski definition) is 1. The Morgan fingerprint density at radius 2 is 1.89 bits per heavy atom. The van der Waals surface area contributed by atoms with E-state index in [0.29, 0.717) is 5.71 Å². The van der Waals surface area contributed by atoms with Crippen LogP contribution in [0, 0.1) is 10.1 Å². The van der Waals surface area contributed by atoms with Crippen LogP contribution in [0.2, 0.25) is 0 Å². The van der Waals surface area contributed by atoms with Crippen molar-refractivity contribution in [3.63, 3.8) is 0 Å². The van der Waals surface area contributed by atoms with Crippen LogP contribution in [0.5, 0.6) is 0 Å². The molecule has 0 heterocycles. The van der Waals surface area contributed by atoms with Crippen molar-refractivity contribution in [1.29, 1.82) is 0 Å². The van der Waals surface area contributed by atoms with Crippen molar-refractivity contribution in [3.8, 4) is 0 Å². The maximum Gasteiger partial charge on any atom is 0.295 e. The molecule has 8 nitrogen and oxygen atoms in total. The molecule has 2 rings (SSSR count). The minimum absolute atomic E-state index is 0.109. The number of hydrogen-bond acceptors (Lipinski definition) is 6. The summed E-state index contributed by atoms with van der Waals surface area (Å²) in [6.07, 6.45) is 0. The lowest BCUT2D eigenvalue weighted by Crippen LogP contribution is -2.30. The highest BCUT2D eigenvalue weighted by molar-refractivity contribution is 9.10. The second-order valence-electron chi connectivity index (χ2n) is 5.84. The molecule has 2 aromatic carbocycles. The SMILES string of the molecule is CCN(CC)S(=O)(=O)c1ccc(N/N=C(/C)c2cccc(Br)c2)c([N+](=O)[O-])c1. The van der Waals surface area contributed by atoms with E-state index < -0.39 is 14.9 Å². The summed E-state index contributed by atoms with van der Waals surface area (Å²) < 4.78 is 27.4. The molecule has 2 aromatic rings. The highest BCUT2D eigenvalue weighted by atomic mass is 79.9. The summed E-state index contributed by atoms with van der Waals surface area (Å²) in [6.45, 7) is 5.75. The zero-order valence-electron chi connectivity index (χ0n) is 15.7. The molecule has 28 heavy (non-hydrogen) atoms. The molecule has 0 radical (unpaired) electrons. The summed E-state index contributed by atoms with van der Waals surface area (Å²) >= 11 is 3.38. The number of benzene rings is 2. The van der Waals surface area contributed by atoms with Gasteiger partial charge in [0, 0.05) is 23.6 Å². The number of rotatable bonds is 8. The predicted molar refractivity (Wildman–Crippen MR) is 113 cm³/mol. The number of nitro groups is 1. The van der Waals surface area contributed by atoms with E-state index in [-0.39, 0.29) is 29.4 Å². The fraction of sp³-hybridized carbons (Fsp3) is 0.278. The standard InChI is InChI=1S/C18H21BrN4O4S/c1-4-22(5-2)28(26,27)16-9-10-17(18(12-16)23(24)25)21-20-13(3)14-7-6-8-15(19)11-14/h6-12,21H,4-5H2,1-3H3/b20-13-. The molecule has 0 fully saturated rings. The van der Waals surface area contributed by atoms with Crippen LogP contribution in [0.15, 0.2) is 56.9 Å². The summed E-state index contributed by atoms with van der Waals surface area (Å²) in [7, 11) is -3.79. The number of nitrogens with one attached hydrogen (secondary N) is 1. The number of halogens is 1. The van der Waals surface area contributed by atoms with Crippen molar-refractivity contribution in [2.45, 2.75) is 25.7 Å². The van der Waals surface area contributed by atoms with E-state index in [1.807, 2.05) is 24.3 Å². The van der Waals surface area contributed by atoms with Gasteiger partial charge in [-0.2, -0.15) is 9.41 Å². The summed E-state index contributed by atoms with van der Waals surface area (Å²) in [6, 6.07) is 11.2. The minimum atomic E-state index is -3.79. The van der Waals surface area contributed by atoms with Crippen molar-refractivity contribution in [2.24, 2.45) is 5.10 Å². The van der Waals surface area contributed by atoms with Gasteiger partial charge in [0.15, 0.2) is 0 Å². The highest BCUT2D eigenvalue weighted by Gasteiger charge is 2.25. The van der Waals surface area contributed by atoms with Gasteiger partial charge in [-0.05, 0) is 36.8 Å². The van der Waals surface area contributed by atoms with Crippen molar-refractivity contribution in [2.75, 3.05) is 18.5 Å². The Kier molecular flexibility index (Phi) is 7.28. The number of anilines is 1. The molecule has 150 valence electrons. The lowest BCUT2D eigenvalue weighted by Gasteiger charge is -2.18.